The van der Waals surface area contributed by atoms with E-state index in [0.717, 1.165) is 6.42 Å². The van der Waals surface area contributed by atoms with Gasteiger partial charge in [-0.3, -0.25) is 0 Å². The Bertz CT molecular complexity index is 411. The largest absolute Gasteiger partial charge is 0.507 e. The minimum absolute atomic E-state index is 0.0197. The highest BCUT2D eigenvalue weighted by atomic mass is 16.3. The van der Waals surface area contributed by atoms with Crippen LogP contribution in [0.15, 0.2) is 23.2 Å². The number of hydrogen-bond donors (Lipinski definition) is 2. The van der Waals surface area contributed by atoms with Gasteiger partial charge in [-0.05, 0) is 31.4 Å². The normalized spacial score (nSPS) is 17.6. The first-order valence-electron chi connectivity index (χ1n) is 4.80. The van der Waals surface area contributed by atoms with E-state index < -0.39 is 5.54 Å². The van der Waals surface area contributed by atoms with Gasteiger partial charge in [0, 0.05) is 0 Å². The molecule has 2 rings (SSSR count). The highest BCUT2D eigenvalue weighted by Crippen LogP contribution is 2.50. The molecule has 0 aliphatic heterocycles. The molecule has 15 heavy (non-hydrogen) atoms. The molecule has 1 fully saturated rings. The lowest BCUT2D eigenvalue weighted by Gasteiger charge is -2.37. The van der Waals surface area contributed by atoms with Crippen LogP contribution in [0.25, 0.3) is 0 Å². The van der Waals surface area contributed by atoms with Crippen molar-refractivity contribution >= 4 is 6.08 Å². The standard InChI is InChI=1S/C11H11NO3/c13-7-12-11(5-2-6-11)10-8(14)3-1-4-9(10)15/h1,3-4,14-15H,2,5-6H2. The van der Waals surface area contributed by atoms with Crippen molar-refractivity contribution in [2.75, 3.05) is 0 Å². The second kappa shape index (κ2) is 3.41. The van der Waals surface area contributed by atoms with Crippen LogP contribution in [0.4, 0.5) is 0 Å². The van der Waals surface area contributed by atoms with Gasteiger partial charge in [0.1, 0.15) is 17.0 Å². The van der Waals surface area contributed by atoms with Crippen molar-refractivity contribution in [2.45, 2.75) is 24.8 Å². The summed E-state index contributed by atoms with van der Waals surface area (Å²) in [6.45, 7) is 0. The summed E-state index contributed by atoms with van der Waals surface area (Å²) < 4.78 is 0. The minimum atomic E-state index is -0.753. The summed E-state index contributed by atoms with van der Waals surface area (Å²) in [5, 5.41) is 19.3. The van der Waals surface area contributed by atoms with Crippen LogP contribution in [0.2, 0.25) is 0 Å². The highest BCUT2D eigenvalue weighted by molar-refractivity contribution is 5.51. The van der Waals surface area contributed by atoms with E-state index in [-0.39, 0.29) is 11.5 Å². The maximum Gasteiger partial charge on any atom is 0.235 e. The summed E-state index contributed by atoms with van der Waals surface area (Å²) >= 11 is 0. The molecule has 0 saturated heterocycles. The Morgan fingerprint density at radius 3 is 2.27 bits per heavy atom. The zero-order valence-electron chi connectivity index (χ0n) is 8.10. The van der Waals surface area contributed by atoms with E-state index in [1.54, 1.807) is 6.07 Å². The van der Waals surface area contributed by atoms with Gasteiger partial charge < -0.3 is 10.2 Å². The summed E-state index contributed by atoms with van der Waals surface area (Å²) in [6.07, 6.45) is 3.77. The summed E-state index contributed by atoms with van der Waals surface area (Å²) in [5.74, 6) is -0.0394. The first-order valence-corrected chi connectivity index (χ1v) is 4.80. The lowest BCUT2D eigenvalue weighted by Crippen LogP contribution is -2.32. The average molecular weight is 205 g/mol. The molecular formula is C11H11NO3. The Kier molecular flexibility index (Phi) is 2.21. The average Bonchev–Trinajstić information content (AvgIpc) is 2.13. The van der Waals surface area contributed by atoms with Crippen molar-refractivity contribution in [1.82, 2.24) is 0 Å². The van der Waals surface area contributed by atoms with E-state index in [1.807, 2.05) is 0 Å². The molecule has 1 aromatic rings. The van der Waals surface area contributed by atoms with Crippen molar-refractivity contribution in [3.63, 3.8) is 0 Å². The molecule has 0 aromatic heterocycles. The third-order valence-electron chi connectivity index (χ3n) is 2.93. The van der Waals surface area contributed by atoms with Crippen molar-refractivity contribution in [2.24, 2.45) is 4.99 Å². The summed E-state index contributed by atoms with van der Waals surface area (Å²) in [5.41, 5.74) is -0.406. The molecule has 1 aromatic carbocycles. The number of phenolic OH excluding ortho intramolecular Hbond substituents is 2. The zero-order chi connectivity index (χ0) is 10.9. The molecule has 0 atom stereocenters. The van der Waals surface area contributed by atoms with Crippen LogP contribution >= 0.6 is 0 Å². The quantitative estimate of drug-likeness (QED) is 0.571. The Labute approximate surface area is 86.9 Å². The SMILES string of the molecule is O=C=NC1(c2c(O)cccc2O)CCC1. The van der Waals surface area contributed by atoms with Crippen LogP contribution in [-0.4, -0.2) is 16.3 Å². The van der Waals surface area contributed by atoms with Gasteiger partial charge in [-0.15, -0.1) is 0 Å². The Balaban J connectivity index is 2.56. The number of carbonyl (C=O) groups excluding carboxylic acids is 1. The first-order chi connectivity index (χ1) is 7.19. The van der Waals surface area contributed by atoms with Crippen molar-refractivity contribution in [1.29, 1.82) is 0 Å². The smallest absolute Gasteiger partial charge is 0.235 e. The number of hydrogen-bond acceptors (Lipinski definition) is 4. The zero-order valence-corrected chi connectivity index (χ0v) is 8.10. The third-order valence-corrected chi connectivity index (χ3v) is 2.93. The van der Waals surface area contributed by atoms with Gasteiger partial charge in [0.25, 0.3) is 0 Å². The van der Waals surface area contributed by atoms with Crippen LogP contribution in [0.3, 0.4) is 0 Å². The maximum atomic E-state index is 10.4. The van der Waals surface area contributed by atoms with Crippen LogP contribution in [0.5, 0.6) is 11.5 Å². The van der Waals surface area contributed by atoms with Crippen molar-refractivity contribution in [3.8, 4) is 11.5 Å². The molecule has 78 valence electrons. The van der Waals surface area contributed by atoms with Gasteiger partial charge >= 0.3 is 0 Å². The number of aliphatic imine (C=N–C) groups is 1. The number of phenols is 2. The molecule has 4 heteroatoms. The second-order valence-electron chi connectivity index (χ2n) is 3.76. The summed E-state index contributed by atoms with van der Waals surface area (Å²) in [7, 11) is 0. The van der Waals surface area contributed by atoms with Gasteiger partial charge in [-0.1, -0.05) is 6.07 Å². The number of nitrogens with zero attached hydrogens (tertiary/aromatic N) is 1. The molecule has 0 radical (unpaired) electrons. The molecule has 4 nitrogen and oxygen atoms in total. The van der Waals surface area contributed by atoms with Gasteiger partial charge in [-0.25, -0.2) is 4.79 Å². The monoisotopic (exact) mass is 205 g/mol. The number of isocyanates is 1. The molecule has 1 aliphatic rings. The lowest BCUT2D eigenvalue weighted by molar-refractivity contribution is 0.239. The summed E-state index contributed by atoms with van der Waals surface area (Å²) in [4.78, 5) is 14.1. The fourth-order valence-corrected chi connectivity index (χ4v) is 2.02. The Morgan fingerprint density at radius 2 is 1.87 bits per heavy atom. The first kappa shape index (κ1) is 9.74. The Morgan fingerprint density at radius 1 is 1.27 bits per heavy atom. The molecule has 0 heterocycles. The predicted molar refractivity (Wildman–Crippen MR) is 53.4 cm³/mol. The number of aromatic hydroxyl groups is 2. The van der Waals surface area contributed by atoms with Crippen molar-refractivity contribution < 1.29 is 15.0 Å². The molecule has 0 bridgehead atoms. The van der Waals surface area contributed by atoms with Gasteiger partial charge in [0.2, 0.25) is 6.08 Å². The molecule has 1 aliphatic carbocycles. The van der Waals surface area contributed by atoms with E-state index in [4.69, 9.17) is 0 Å². The highest BCUT2D eigenvalue weighted by Gasteiger charge is 2.42. The molecular weight excluding hydrogens is 194 g/mol. The Hall–Kier alpha value is -1.80. The fourth-order valence-electron chi connectivity index (χ4n) is 2.02. The van der Waals surface area contributed by atoms with Crippen LogP contribution in [0.1, 0.15) is 24.8 Å². The van der Waals surface area contributed by atoms with Crippen LogP contribution in [0, 0.1) is 0 Å². The van der Waals surface area contributed by atoms with Gasteiger partial charge in [0.05, 0.1) is 5.56 Å². The lowest BCUT2D eigenvalue weighted by atomic mass is 9.71. The van der Waals surface area contributed by atoms with E-state index in [0.29, 0.717) is 18.4 Å². The van der Waals surface area contributed by atoms with Crippen LogP contribution in [-0.2, 0) is 10.3 Å². The van der Waals surface area contributed by atoms with E-state index in [9.17, 15) is 15.0 Å². The van der Waals surface area contributed by atoms with E-state index in [2.05, 4.69) is 4.99 Å². The van der Waals surface area contributed by atoms with Crippen molar-refractivity contribution in [3.05, 3.63) is 23.8 Å². The molecule has 0 unspecified atom stereocenters. The predicted octanol–water partition coefficient (Wildman–Crippen LogP) is 1.81. The molecule has 2 N–H and O–H groups in total. The van der Waals surface area contributed by atoms with Crippen LogP contribution < -0.4 is 0 Å². The third kappa shape index (κ3) is 1.39. The second-order valence-corrected chi connectivity index (χ2v) is 3.76. The summed E-state index contributed by atoms with van der Waals surface area (Å²) in [6, 6.07) is 4.51. The van der Waals surface area contributed by atoms with E-state index in [1.165, 1.54) is 18.2 Å². The topological polar surface area (TPSA) is 69.9 Å². The van der Waals surface area contributed by atoms with E-state index >= 15 is 0 Å². The molecule has 0 amide bonds. The molecule has 0 spiro atoms. The maximum absolute atomic E-state index is 10.4. The van der Waals surface area contributed by atoms with Gasteiger partial charge in [0.15, 0.2) is 0 Å². The van der Waals surface area contributed by atoms with Gasteiger partial charge in [-0.2, -0.15) is 4.99 Å². The fraction of sp³-hybridized carbons (Fsp3) is 0.364. The minimum Gasteiger partial charge on any atom is -0.507 e. The number of rotatable bonds is 2. The number of benzene rings is 1. The molecule has 1 saturated carbocycles.